The van der Waals surface area contributed by atoms with E-state index in [-0.39, 0.29) is 11.9 Å². The molecule has 2 aromatic heterocycles. The van der Waals surface area contributed by atoms with E-state index in [1.165, 1.54) is 5.69 Å². The highest BCUT2D eigenvalue weighted by Gasteiger charge is 2.38. The topological polar surface area (TPSA) is 101 Å². The number of carboxylic acid groups (broad SMARTS) is 1. The number of rotatable bonds is 5. The van der Waals surface area contributed by atoms with Gasteiger partial charge in [0.15, 0.2) is 0 Å². The Bertz CT molecular complexity index is 1090. The summed E-state index contributed by atoms with van der Waals surface area (Å²) in [5.74, 6) is -2.78. The first-order valence-electron chi connectivity index (χ1n) is 10.3. The van der Waals surface area contributed by atoms with Gasteiger partial charge in [-0.05, 0) is 37.3 Å². The number of amides is 1. The van der Waals surface area contributed by atoms with E-state index in [2.05, 4.69) is 27.2 Å². The first kappa shape index (κ1) is 24.1. The monoisotopic (exact) mass is 463 g/mol. The predicted octanol–water partition coefficient (Wildman–Crippen LogP) is 2.94. The zero-order valence-electron chi connectivity index (χ0n) is 17.8. The van der Waals surface area contributed by atoms with Crippen LogP contribution in [0.25, 0.3) is 5.69 Å². The number of fused-ring (bicyclic) bond motifs is 1. The Morgan fingerprint density at radius 1 is 1.18 bits per heavy atom. The molecule has 1 aromatic carbocycles. The number of para-hydroxylation sites is 1. The third-order valence-corrected chi connectivity index (χ3v) is 5.05. The Balaban J connectivity index is 0.000000383. The van der Waals surface area contributed by atoms with Gasteiger partial charge in [-0.15, -0.1) is 0 Å². The number of aliphatic carboxylic acids is 1. The molecule has 176 valence electrons. The molecule has 11 heteroatoms. The quantitative estimate of drug-likeness (QED) is 0.540. The van der Waals surface area contributed by atoms with Crippen molar-refractivity contribution in [3.05, 3.63) is 71.8 Å². The molecule has 4 rings (SSSR count). The number of benzene rings is 1. The van der Waals surface area contributed by atoms with Crippen LogP contribution in [0.5, 0.6) is 0 Å². The van der Waals surface area contributed by atoms with Crippen LogP contribution in [-0.4, -0.2) is 50.6 Å². The molecule has 3 aromatic rings. The van der Waals surface area contributed by atoms with E-state index in [1.54, 1.807) is 0 Å². The van der Waals surface area contributed by atoms with Gasteiger partial charge in [-0.1, -0.05) is 18.2 Å². The van der Waals surface area contributed by atoms with Crippen molar-refractivity contribution in [1.29, 1.82) is 0 Å². The van der Waals surface area contributed by atoms with Crippen LogP contribution < -0.4 is 10.6 Å². The average molecular weight is 463 g/mol. The van der Waals surface area contributed by atoms with Crippen molar-refractivity contribution in [1.82, 2.24) is 25.0 Å². The molecule has 1 unspecified atom stereocenters. The minimum absolute atomic E-state index is 0.0205. The van der Waals surface area contributed by atoms with Crippen LogP contribution in [0, 0.1) is 0 Å². The molecule has 1 aliphatic rings. The first-order chi connectivity index (χ1) is 15.7. The lowest BCUT2D eigenvalue weighted by Crippen LogP contribution is -2.35. The maximum atomic E-state index is 12.5. The normalized spacial score (nSPS) is 15.2. The molecule has 3 heterocycles. The van der Waals surface area contributed by atoms with Gasteiger partial charge in [0.1, 0.15) is 5.69 Å². The highest BCUT2D eigenvalue weighted by Crippen LogP contribution is 2.20. The molecule has 0 aliphatic carbocycles. The van der Waals surface area contributed by atoms with Gasteiger partial charge >= 0.3 is 12.1 Å². The lowest BCUT2D eigenvalue weighted by molar-refractivity contribution is -0.192. The highest BCUT2D eigenvalue weighted by atomic mass is 19.4. The molecule has 3 N–H and O–H groups in total. The Morgan fingerprint density at radius 3 is 2.55 bits per heavy atom. The minimum atomic E-state index is -5.08. The molecule has 1 amide bonds. The Labute approximate surface area is 188 Å². The number of hydrogen-bond acceptors (Lipinski definition) is 4. The summed E-state index contributed by atoms with van der Waals surface area (Å²) in [6, 6.07) is 16.2. The van der Waals surface area contributed by atoms with Gasteiger partial charge in [-0.3, -0.25) is 4.79 Å². The zero-order valence-corrected chi connectivity index (χ0v) is 17.8. The minimum Gasteiger partial charge on any atom is -0.475 e. The summed E-state index contributed by atoms with van der Waals surface area (Å²) in [5, 5.41) is 18.1. The van der Waals surface area contributed by atoms with Crippen LogP contribution in [0.3, 0.4) is 0 Å². The van der Waals surface area contributed by atoms with Crippen molar-refractivity contribution in [2.45, 2.75) is 32.1 Å². The SMILES string of the molecule is CC1NCCn2c(C(=O)NCCc3ccn(-c4ccccc4)n3)ccc21.O=C(O)C(F)(F)F. The molecule has 1 aliphatic heterocycles. The van der Waals surface area contributed by atoms with Crippen molar-refractivity contribution in [2.75, 3.05) is 13.1 Å². The molecule has 0 spiro atoms. The number of alkyl halides is 3. The maximum Gasteiger partial charge on any atom is 0.490 e. The molecule has 0 bridgehead atoms. The average Bonchev–Trinajstić information content (AvgIpc) is 3.42. The zero-order chi connectivity index (χ0) is 24.0. The van der Waals surface area contributed by atoms with Gasteiger partial charge in [0, 0.05) is 44.0 Å². The van der Waals surface area contributed by atoms with E-state index < -0.39 is 12.1 Å². The lowest BCUT2D eigenvalue weighted by Gasteiger charge is -2.24. The van der Waals surface area contributed by atoms with E-state index in [0.29, 0.717) is 13.0 Å². The number of carboxylic acids is 1. The van der Waals surface area contributed by atoms with Crippen LogP contribution in [0.4, 0.5) is 13.2 Å². The summed E-state index contributed by atoms with van der Waals surface area (Å²) in [5.41, 5.74) is 3.90. The van der Waals surface area contributed by atoms with Gasteiger partial charge in [-0.2, -0.15) is 18.3 Å². The van der Waals surface area contributed by atoms with Gasteiger partial charge in [0.05, 0.1) is 11.4 Å². The number of carbonyl (C=O) groups is 2. The standard InChI is InChI=1S/C20H23N5O.C2HF3O2/c1-15-18-7-8-19(24(18)14-12-21-15)20(26)22-11-9-16-10-13-25(23-16)17-5-3-2-4-6-17;3-2(4,5)1(6)7/h2-8,10,13,15,21H,9,11-12,14H2,1H3,(H,22,26);(H,6,7). The van der Waals surface area contributed by atoms with Crippen LogP contribution >= 0.6 is 0 Å². The van der Waals surface area contributed by atoms with E-state index in [9.17, 15) is 18.0 Å². The van der Waals surface area contributed by atoms with Crippen LogP contribution in [0.2, 0.25) is 0 Å². The predicted molar refractivity (Wildman–Crippen MR) is 114 cm³/mol. The fourth-order valence-electron chi connectivity index (χ4n) is 3.42. The molecule has 8 nitrogen and oxygen atoms in total. The van der Waals surface area contributed by atoms with Gasteiger partial charge in [-0.25, -0.2) is 9.48 Å². The van der Waals surface area contributed by atoms with Crippen LogP contribution in [-0.2, 0) is 17.8 Å². The fourth-order valence-corrected chi connectivity index (χ4v) is 3.42. The second kappa shape index (κ2) is 10.3. The number of aromatic nitrogens is 3. The Kier molecular flexibility index (Phi) is 7.54. The van der Waals surface area contributed by atoms with Crippen molar-refractivity contribution >= 4 is 11.9 Å². The number of nitrogens with zero attached hydrogens (tertiary/aromatic N) is 3. The molecule has 0 radical (unpaired) electrons. The summed E-state index contributed by atoms with van der Waals surface area (Å²) >= 11 is 0. The molecular weight excluding hydrogens is 439 g/mol. The van der Waals surface area contributed by atoms with E-state index >= 15 is 0 Å². The molecule has 0 saturated heterocycles. The maximum absolute atomic E-state index is 12.5. The summed E-state index contributed by atoms with van der Waals surface area (Å²) in [6.07, 6.45) is -2.43. The number of carbonyl (C=O) groups excluding carboxylic acids is 1. The third kappa shape index (κ3) is 6.22. The third-order valence-electron chi connectivity index (χ3n) is 5.05. The second-order valence-corrected chi connectivity index (χ2v) is 7.37. The summed E-state index contributed by atoms with van der Waals surface area (Å²) in [7, 11) is 0. The fraction of sp³-hybridized carbons (Fsp3) is 0.318. The highest BCUT2D eigenvalue weighted by molar-refractivity contribution is 5.93. The van der Waals surface area contributed by atoms with E-state index in [1.807, 2.05) is 59.4 Å². The van der Waals surface area contributed by atoms with Crippen molar-refractivity contribution in [2.24, 2.45) is 0 Å². The number of hydrogen-bond donors (Lipinski definition) is 3. The molecule has 0 saturated carbocycles. The van der Waals surface area contributed by atoms with Crippen LogP contribution in [0.1, 0.15) is 34.8 Å². The van der Waals surface area contributed by atoms with E-state index in [0.717, 1.165) is 30.2 Å². The summed E-state index contributed by atoms with van der Waals surface area (Å²) in [6.45, 7) is 4.41. The first-order valence-corrected chi connectivity index (χ1v) is 10.3. The van der Waals surface area contributed by atoms with Gasteiger partial charge < -0.3 is 20.3 Å². The van der Waals surface area contributed by atoms with Crippen molar-refractivity contribution in [3.8, 4) is 5.69 Å². The lowest BCUT2D eigenvalue weighted by atomic mass is 10.2. The molecule has 0 fully saturated rings. The van der Waals surface area contributed by atoms with Crippen LogP contribution in [0.15, 0.2) is 54.7 Å². The van der Waals surface area contributed by atoms with Crippen molar-refractivity contribution < 1.29 is 27.9 Å². The number of nitrogens with one attached hydrogen (secondary N) is 2. The second-order valence-electron chi connectivity index (χ2n) is 7.37. The number of halogens is 3. The van der Waals surface area contributed by atoms with E-state index in [4.69, 9.17) is 9.90 Å². The Hall–Kier alpha value is -3.60. The smallest absolute Gasteiger partial charge is 0.475 e. The largest absolute Gasteiger partial charge is 0.490 e. The summed E-state index contributed by atoms with van der Waals surface area (Å²) < 4.78 is 35.7. The van der Waals surface area contributed by atoms with Crippen molar-refractivity contribution in [3.63, 3.8) is 0 Å². The van der Waals surface area contributed by atoms with Gasteiger partial charge in [0.25, 0.3) is 5.91 Å². The molecule has 1 atom stereocenters. The molecule has 33 heavy (non-hydrogen) atoms. The Morgan fingerprint density at radius 2 is 1.88 bits per heavy atom. The summed E-state index contributed by atoms with van der Waals surface area (Å²) in [4.78, 5) is 21.4. The van der Waals surface area contributed by atoms with Gasteiger partial charge in [0.2, 0.25) is 0 Å². The molecular formula is C22H24F3N5O3.